The summed E-state index contributed by atoms with van der Waals surface area (Å²) >= 11 is 0. The topological polar surface area (TPSA) is 77.0 Å². The summed E-state index contributed by atoms with van der Waals surface area (Å²) in [5.74, 6) is -0.118. The van der Waals surface area contributed by atoms with Crippen molar-refractivity contribution in [2.75, 3.05) is 0 Å². The number of aromatic nitrogens is 3. The van der Waals surface area contributed by atoms with Crippen LogP contribution in [0.2, 0.25) is 0 Å². The van der Waals surface area contributed by atoms with Crippen LogP contribution in [0.15, 0.2) is 41.5 Å². The van der Waals surface area contributed by atoms with Crippen molar-refractivity contribution in [1.29, 1.82) is 0 Å². The minimum atomic E-state index is -0.662. The first kappa shape index (κ1) is 17.9. The summed E-state index contributed by atoms with van der Waals surface area (Å²) in [6.07, 6.45) is 2.24. The summed E-state index contributed by atoms with van der Waals surface area (Å²) in [7, 11) is 0. The molecule has 3 aromatic rings. The lowest BCUT2D eigenvalue weighted by molar-refractivity contribution is -0.142. The maximum Gasteiger partial charge on any atom is 0.316 e. The molecular weight excluding hydrogens is 330 g/mol. The largest absolute Gasteiger partial charge is 0.423 e. The van der Waals surface area contributed by atoms with Crippen LogP contribution in [0.5, 0.6) is 5.75 Å². The summed E-state index contributed by atoms with van der Waals surface area (Å²) in [5.41, 5.74) is 1.31. The highest BCUT2D eigenvalue weighted by molar-refractivity contribution is 5.88. The predicted molar refractivity (Wildman–Crippen MR) is 100 cm³/mol. The lowest BCUT2D eigenvalue weighted by Gasteiger charge is -2.16. The smallest absolute Gasteiger partial charge is 0.316 e. The van der Waals surface area contributed by atoms with E-state index in [1.807, 2.05) is 30.3 Å². The van der Waals surface area contributed by atoms with Crippen LogP contribution in [0.3, 0.4) is 0 Å². The van der Waals surface area contributed by atoms with Gasteiger partial charge in [0.2, 0.25) is 0 Å². The van der Waals surface area contributed by atoms with E-state index < -0.39 is 5.41 Å². The molecule has 0 saturated carbocycles. The normalized spacial score (nSPS) is 11.7. The van der Waals surface area contributed by atoms with E-state index in [1.165, 1.54) is 6.33 Å². The van der Waals surface area contributed by atoms with Crippen molar-refractivity contribution in [1.82, 2.24) is 14.5 Å². The standard InChI is InChI=1S/C20H23N3O3/c1-13-16(26-19(25)20(2,3)4)15-17(22-13)21-12-23(18(15)24)11-10-14-8-6-5-7-9-14/h5-9,12,22H,10-11H2,1-4H3. The van der Waals surface area contributed by atoms with Crippen molar-refractivity contribution in [3.05, 3.63) is 58.3 Å². The van der Waals surface area contributed by atoms with Gasteiger partial charge in [0.15, 0.2) is 5.75 Å². The van der Waals surface area contributed by atoms with Gasteiger partial charge in [0.25, 0.3) is 5.56 Å². The fourth-order valence-corrected chi connectivity index (χ4v) is 2.64. The van der Waals surface area contributed by atoms with E-state index in [4.69, 9.17) is 4.74 Å². The van der Waals surface area contributed by atoms with Crippen molar-refractivity contribution < 1.29 is 9.53 Å². The van der Waals surface area contributed by atoms with Gasteiger partial charge in [0.05, 0.1) is 17.4 Å². The Morgan fingerprint density at radius 1 is 1.23 bits per heavy atom. The molecule has 0 atom stereocenters. The van der Waals surface area contributed by atoms with E-state index in [2.05, 4.69) is 9.97 Å². The maximum absolute atomic E-state index is 12.9. The number of hydrogen-bond acceptors (Lipinski definition) is 4. The first-order valence-corrected chi connectivity index (χ1v) is 8.61. The molecule has 0 aliphatic heterocycles. The molecule has 0 amide bonds. The third-order valence-corrected chi connectivity index (χ3v) is 4.20. The number of fused-ring (bicyclic) bond motifs is 1. The summed E-state index contributed by atoms with van der Waals surface area (Å²) in [6.45, 7) is 7.59. The molecule has 2 heterocycles. The number of H-pyrrole nitrogens is 1. The van der Waals surface area contributed by atoms with Gasteiger partial charge in [-0.05, 0) is 39.7 Å². The van der Waals surface area contributed by atoms with E-state index in [1.54, 1.807) is 32.3 Å². The highest BCUT2D eigenvalue weighted by atomic mass is 16.5. The highest BCUT2D eigenvalue weighted by Gasteiger charge is 2.27. The molecule has 0 aliphatic carbocycles. The van der Waals surface area contributed by atoms with Gasteiger partial charge < -0.3 is 9.72 Å². The summed E-state index contributed by atoms with van der Waals surface area (Å²) in [6, 6.07) is 9.95. The van der Waals surface area contributed by atoms with E-state index in [0.717, 1.165) is 5.56 Å². The summed E-state index contributed by atoms with van der Waals surface area (Å²) in [4.78, 5) is 32.5. The van der Waals surface area contributed by atoms with Crippen LogP contribution in [-0.2, 0) is 17.8 Å². The second kappa shape index (κ2) is 6.78. The number of aromatic amines is 1. The fourth-order valence-electron chi connectivity index (χ4n) is 2.64. The maximum atomic E-state index is 12.9. The molecule has 0 bridgehead atoms. The molecule has 0 aliphatic rings. The van der Waals surface area contributed by atoms with Crippen LogP contribution in [0.4, 0.5) is 0 Å². The molecule has 1 N–H and O–H groups in total. The molecule has 3 rings (SSSR count). The Kier molecular flexibility index (Phi) is 4.68. The van der Waals surface area contributed by atoms with Crippen molar-refractivity contribution in [3.63, 3.8) is 0 Å². The van der Waals surface area contributed by atoms with Crippen LogP contribution in [0.25, 0.3) is 11.0 Å². The SMILES string of the molecule is Cc1[nH]c2ncn(CCc3ccccc3)c(=O)c2c1OC(=O)C(C)(C)C. The number of hydrogen-bond donors (Lipinski definition) is 1. The van der Waals surface area contributed by atoms with Crippen LogP contribution >= 0.6 is 0 Å². The number of nitrogens with zero attached hydrogens (tertiary/aromatic N) is 2. The van der Waals surface area contributed by atoms with Crippen molar-refractivity contribution in [2.45, 2.75) is 40.7 Å². The zero-order chi connectivity index (χ0) is 18.9. The predicted octanol–water partition coefficient (Wildman–Crippen LogP) is 3.23. The van der Waals surface area contributed by atoms with Gasteiger partial charge in [0.1, 0.15) is 11.0 Å². The van der Waals surface area contributed by atoms with Gasteiger partial charge in [-0.15, -0.1) is 0 Å². The molecule has 136 valence electrons. The lowest BCUT2D eigenvalue weighted by Crippen LogP contribution is -2.27. The molecule has 26 heavy (non-hydrogen) atoms. The molecule has 0 spiro atoms. The molecule has 0 fully saturated rings. The summed E-state index contributed by atoms with van der Waals surface area (Å²) < 4.78 is 7.09. The molecule has 6 heteroatoms. The van der Waals surface area contributed by atoms with Gasteiger partial charge in [-0.2, -0.15) is 0 Å². The Hall–Kier alpha value is -2.89. The zero-order valence-corrected chi connectivity index (χ0v) is 15.5. The first-order chi connectivity index (χ1) is 12.3. The van der Waals surface area contributed by atoms with Crippen LogP contribution in [0, 0.1) is 12.3 Å². The second-order valence-electron chi connectivity index (χ2n) is 7.42. The third-order valence-electron chi connectivity index (χ3n) is 4.20. The van der Waals surface area contributed by atoms with Crippen LogP contribution < -0.4 is 10.3 Å². The Morgan fingerprint density at radius 3 is 2.58 bits per heavy atom. The highest BCUT2D eigenvalue weighted by Crippen LogP contribution is 2.28. The average Bonchev–Trinajstić information content (AvgIpc) is 2.91. The van der Waals surface area contributed by atoms with Crippen molar-refractivity contribution in [2.24, 2.45) is 5.41 Å². The Bertz CT molecular complexity index is 995. The van der Waals surface area contributed by atoms with Crippen LogP contribution in [-0.4, -0.2) is 20.5 Å². The molecule has 6 nitrogen and oxygen atoms in total. The molecule has 2 aromatic heterocycles. The third kappa shape index (κ3) is 3.54. The number of nitrogens with one attached hydrogen (secondary N) is 1. The summed E-state index contributed by atoms with van der Waals surface area (Å²) in [5, 5.41) is 0.315. The molecular formula is C20H23N3O3. The fraction of sp³-hybridized carbons (Fsp3) is 0.350. The Morgan fingerprint density at radius 2 is 1.92 bits per heavy atom. The van der Waals surface area contributed by atoms with Gasteiger partial charge in [-0.3, -0.25) is 14.2 Å². The van der Waals surface area contributed by atoms with E-state index in [9.17, 15) is 9.59 Å². The quantitative estimate of drug-likeness (QED) is 0.731. The number of carbonyl (C=O) groups excluding carboxylic acids is 1. The molecule has 0 radical (unpaired) electrons. The van der Waals surface area contributed by atoms with Gasteiger partial charge in [0, 0.05) is 6.54 Å². The van der Waals surface area contributed by atoms with Gasteiger partial charge in [-0.1, -0.05) is 30.3 Å². The zero-order valence-electron chi connectivity index (χ0n) is 15.5. The monoisotopic (exact) mass is 353 g/mol. The van der Waals surface area contributed by atoms with E-state index >= 15 is 0 Å². The minimum absolute atomic E-state index is 0.216. The van der Waals surface area contributed by atoms with E-state index in [-0.39, 0.29) is 17.3 Å². The first-order valence-electron chi connectivity index (χ1n) is 8.61. The van der Waals surface area contributed by atoms with Crippen molar-refractivity contribution >= 4 is 17.0 Å². The van der Waals surface area contributed by atoms with Gasteiger partial charge >= 0.3 is 5.97 Å². The number of carbonyl (C=O) groups is 1. The minimum Gasteiger partial charge on any atom is -0.423 e. The molecule has 0 unspecified atom stereocenters. The number of esters is 1. The molecule has 1 aromatic carbocycles. The number of aryl methyl sites for hydroxylation is 3. The Labute approximate surface area is 151 Å². The number of benzene rings is 1. The lowest BCUT2D eigenvalue weighted by atomic mass is 9.97. The van der Waals surface area contributed by atoms with E-state index in [0.29, 0.717) is 29.7 Å². The Balaban J connectivity index is 1.96. The van der Waals surface area contributed by atoms with Crippen molar-refractivity contribution in [3.8, 4) is 5.75 Å². The van der Waals surface area contributed by atoms with Crippen LogP contribution in [0.1, 0.15) is 32.0 Å². The average molecular weight is 353 g/mol. The molecule has 0 saturated heterocycles. The second-order valence-corrected chi connectivity index (χ2v) is 7.42. The number of rotatable bonds is 4. The number of ether oxygens (including phenoxy) is 1. The van der Waals surface area contributed by atoms with Gasteiger partial charge in [-0.25, -0.2) is 4.98 Å².